The molecule has 0 fully saturated rings. The van der Waals surface area contributed by atoms with Crippen LogP contribution in [0.4, 0.5) is 0 Å². The number of rotatable bonds is 5. The molecular formula is C20H20N6O2. The standard InChI is InChI=1S/C20H20N6O2/c1-14-8-9-18-22-16(12-24(18)11-14)10-21-19(27)13-25-15(2)23-26(20(25)28)17-6-4-3-5-7-17/h3-9,11-12H,10,13H2,1-2H3,(H,21,27). The molecule has 8 heteroatoms. The molecule has 0 radical (unpaired) electrons. The molecule has 1 amide bonds. The summed E-state index contributed by atoms with van der Waals surface area (Å²) in [5.74, 6) is 0.207. The van der Waals surface area contributed by atoms with Crippen molar-refractivity contribution in [1.82, 2.24) is 29.0 Å². The van der Waals surface area contributed by atoms with Crippen molar-refractivity contribution in [2.75, 3.05) is 0 Å². The highest BCUT2D eigenvalue weighted by Crippen LogP contribution is 2.07. The van der Waals surface area contributed by atoms with E-state index in [-0.39, 0.29) is 18.1 Å². The number of nitrogens with zero attached hydrogens (tertiary/aromatic N) is 5. The van der Waals surface area contributed by atoms with Gasteiger partial charge in [0, 0.05) is 12.4 Å². The summed E-state index contributed by atoms with van der Waals surface area (Å²) in [6, 6.07) is 13.0. The van der Waals surface area contributed by atoms with Crippen molar-refractivity contribution in [2.45, 2.75) is 26.9 Å². The highest BCUT2D eigenvalue weighted by molar-refractivity contribution is 5.75. The van der Waals surface area contributed by atoms with Crippen LogP contribution < -0.4 is 11.0 Å². The first-order chi connectivity index (χ1) is 13.5. The van der Waals surface area contributed by atoms with E-state index in [2.05, 4.69) is 15.4 Å². The minimum Gasteiger partial charge on any atom is -0.349 e. The number of hydrogen-bond donors (Lipinski definition) is 1. The zero-order valence-electron chi connectivity index (χ0n) is 15.7. The second-order valence-electron chi connectivity index (χ2n) is 6.64. The Morgan fingerprint density at radius 1 is 1.07 bits per heavy atom. The van der Waals surface area contributed by atoms with Crippen molar-refractivity contribution in [3.63, 3.8) is 0 Å². The van der Waals surface area contributed by atoms with Crippen LogP contribution in [0.2, 0.25) is 0 Å². The Morgan fingerprint density at radius 2 is 1.86 bits per heavy atom. The van der Waals surface area contributed by atoms with Gasteiger partial charge >= 0.3 is 5.69 Å². The first kappa shape index (κ1) is 17.7. The second-order valence-corrected chi connectivity index (χ2v) is 6.64. The van der Waals surface area contributed by atoms with Crippen LogP contribution in [0, 0.1) is 13.8 Å². The summed E-state index contributed by atoms with van der Waals surface area (Å²) in [6.07, 6.45) is 3.86. The third-order valence-corrected chi connectivity index (χ3v) is 4.47. The number of amides is 1. The molecule has 0 saturated carbocycles. The lowest BCUT2D eigenvalue weighted by molar-refractivity contribution is -0.121. The van der Waals surface area contributed by atoms with Crippen LogP contribution in [0.5, 0.6) is 0 Å². The maximum atomic E-state index is 12.6. The van der Waals surface area contributed by atoms with Gasteiger partial charge in [0.1, 0.15) is 18.0 Å². The molecule has 1 aromatic carbocycles. The number of benzene rings is 1. The summed E-state index contributed by atoms with van der Waals surface area (Å²) in [7, 11) is 0. The van der Waals surface area contributed by atoms with Gasteiger partial charge in [-0.05, 0) is 37.6 Å². The second kappa shape index (κ2) is 7.15. The Labute approximate surface area is 161 Å². The third kappa shape index (κ3) is 3.44. The van der Waals surface area contributed by atoms with E-state index < -0.39 is 0 Å². The van der Waals surface area contributed by atoms with Gasteiger partial charge in [0.15, 0.2) is 0 Å². The number of aryl methyl sites for hydroxylation is 2. The van der Waals surface area contributed by atoms with Crippen LogP contribution >= 0.6 is 0 Å². The van der Waals surface area contributed by atoms with E-state index in [0.29, 0.717) is 18.1 Å². The van der Waals surface area contributed by atoms with Crippen molar-refractivity contribution < 1.29 is 4.79 Å². The van der Waals surface area contributed by atoms with Gasteiger partial charge < -0.3 is 9.72 Å². The Hall–Kier alpha value is -3.68. The van der Waals surface area contributed by atoms with Crippen LogP contribution in [0.1, 0.15) is 17.1 Å². The molecule has 28 heavy (non-hydrogen) atoms. The number of para-hydroxylation sites is 1. The molecule has 0 spiro atoms. The predicted octanol–water partition coefficient (Wildman–Crippen LogP) is 1.61. The Bertz CT molecular complexity index is 1200. The van der Waals surface area contributed by atoms with Crippen molar-refractivity contribution in [2.24, 2.45) is 0 Å². The molecule has 1 N–H and O–H groups in total. The van der Waals surface area contributed by atoms with Crippen LogP contribution in [0.15, 0.2) is 59.7 Å². The molecule has 8 nitrogen and oxygen atoms in total. The average Bonchev–Trinajstić information content (AvgIpc) is 3.22. The molecule has 4 aromatic rings. The van der Waals surface area contributed by atoms with E-state index in [0.717, 1.165) is 16.9 Å². The minimum atomic E-state index is -0.345. The highest BCUT2D eigenvalue weighted by Gasteiger charge is 2.14. The summed E-state index contributed by atoms with van der Waals surface area (Å²) in [4.78, 5) is 29.5. The molecule has 0 aliphatic carbocycles. The highest BCUT2D eigenvalue weighted by atomic mass is 16.2. The Kier molecular flexibility index (Phi) is 4.52. The lowest BCUT2D eigenvalue weighted by atomic mass is 10.3. The summed E-state index contributed by atoms with van der Waals surface area (Å²) < 4.78 is 4.58. The van der Waals surface area contributed by atoms with Crippen LogP contribution in [0.3, 0.4) is 0 Å². The SMILES string of the molecule is Cc1ccc2nc(CNC(=O)Cn3c(C)nn(-c4ccccc4)c3=O)cn2c1. The number of aromatic nitrogens is 5. The van der Waals surface area contributed by atoms with Gasteiger partial charge in [-0.3, -0.25) is 9.36 Å². The summed E-state index contributed by atoms with van der Waals surface area (Å²) >= 11 is 0. The van der Waals surface area contributed by atoms with Crippen molar-refractivity contribution in [3.05, 3.63) is 82.4 Å². The maximum Gasteiger partial charge on any atom is 0.351 e. The maximum absolute atomic E-state index is 12.6. The first-order valence-electron chi connectivity index (χ1n) is 8.94. The van der Waals surface area contributed by atoms with Gasteiger partial charge in [0.05, 0.1) is 17.9 Å². The van der Waals surface area contributed by atoms with E-state index in [9.17, 15) is 9.59 Å². The molecule has 3 aromatic heterocycles. The van der Waals surface area contributed by atoms with Crippen molar-refractivity contribution >= 4 is 11.6 Å². The van der Waals surface area contributed by atoms with Crippen molar-refractivity contribution in [3.8, 4) is 5.69 Å². The third-order valence-electron chi connectivity index (χ3n) is 4.47. The van der Waals surface area contributed by atoms with E-state index >= 15 is 0 Å². The lowest BCUT2D eigenvalue weighted by Crippen LogP contribution is -2.33. The van der Waals surface area contributed by atoms with E-state index in [1.165, 1.54) is 9.25 Å². The van der Waals surface area contributed by atoms with E-state index in [4.69, 9.17) is 0 Å². The number of hydrogen-bond acceptors (Lipinski definition) is 4. The average molecular weight is 376 g/mol. The number of carbonyl (C=O) groups is 1. The zero-order valence-corrected chi connectivity index (χ0v) is 15.7. The molecule has 3 heterocycles. The number of fused-ring (bicyclic) bond motifs is 1. The molecule has 142 valence electrons. The number of carbonyl (C=O) groups excluding carboxylic acids is 1. The minimum absolute atomic E-state index is 0.0933. The van der Waals surface area contributed by atoms with Gasteiger partial charge in [-0.25, -0.2) is 9.78 Å². The lowest BCUT2D eigenvalue weighted by Gasteiger charge is -2.04. The monoisotopic (exact) mass is 376 g/mol. The molecular weight excluding hydrogens is 356 g/mol. The normalized spacial score (nSPS) is 11.1. The van der Waals surface area contributed by atoms with E-state index in [1.54, 1.807) is 19.1 Å². The zero-order chi connectivity index (χ0) is 19.7. The number of imidazole rings is 1. The number of pyridine rings is 1. The predicted molar refractivity (Wildman–Crippen MR) is 104 cm³/mol. The van der Waals surface area contributed by atoms with Gasteiger partial charge in [-0.1, -0.05) is 24.3 Å². The largest absolute Gasteiger partial charge is 0.351 e. The van der Waals surface area contributed by atoms with Crippen molar-refractivity contribution in [1.29, 1.82) is 0 Å². The Balaban J connectivity index is 1.46. The fourth-order valence-electron chi connectivity index (χ4n) is 3.04. The fraction of sp³-hybridized carbons (Fsp3) is 0.200. The number of nitrogens with one attached hydrogen (secondary N) is 1. The van der Waals surface area contributed by atoms with E-state index in [1.807, 2.05) is 54.0 Å². The quantitative estimate of drug-likeness (QED) is 0.573. The van der Waals surface area contributed by atoms with Gasteiger partial charge in [-0.15, -0.1) is 0 Å². The summed E-state index contributed by atoms with van der Waals surface area (Å²) in [5, 5.41) is 7.08. The molecule has 0 bridgehead atoms. The molecule has 0 aliphatic rings. The first-order valence-corrected chi connectivity index (χ1v) is 8.94. The van der Waals surface area contributed by atoms with Gasteiger partial charge in [0.25, 0.3) is 0 Å². The molecule has 0 saturated heterocycles. The van der Waals surface area contributed by atoms with Crippen LogP contribution in [-0.4, -0.2) is 29.6 Å². The summed E-state index contributed by atoms with van der Waals surface area (Å²) in [5.41, 5.74) is 3.02. The van der Waals surface area contributed by atoms with Crippen LogP contribution in [0.25, 0.3) is 11.3 Å². The smallest absolute Gasteiger partial charge is 0.349 e. The topological polar surface area (TPSA) is 86.2 Å². The molecule has 0 unspecified atom stereocenters. The van der Waals surface area contributed by atoms with Crippen LogP contribution in [-0.2, 0) is 17.9 Å². The molecule has 0 aliphatic heterocycles. The Morgan fingerprint density at radius 3 is 2.64 bits per heavy atom. The fourth-order valence-corrected chi connectivity index (χ4v) is 3.04. The van der Waals surface area contributed by atoms with Gasteiger partial charge in [-0.2, -0.15) is 9.78 Å². The molecule has 0 atom stereocenters. The summed E-state index contributed by atoms with van der Waals surface area (Å²) in [6.45, 7) is 3.92. The van der Waals surface area contributed by atoms with Gasteiger partial charge in [0.2, 0.25) is 5.91 Å². The molecule has 4 rings (SSSR count).